The molecule has 0 atom stereocenters. The molecule has 1 aliphatic carbocycles. The van der Waals surface area contributed by atoms with Crippen molar-refractivity contribution >= 4 is 21.6 Å². The molecule has 2 rings (SSSR count). The zero-order chi connectivity index (χ0) is 10.1. The van der Waals surface area contributed by atoms with Gasteiger partial charge in [0.15, 0.2) is 0 Å². The number of hydrogen-bond acceptors (Lipinski definition) is 2. The Morgan fingerprint density at radius 3 is 2.79 bits per heavy atom. The third kappa shape index (κ3) is 1.66. The second-order valence-corrected chi connectivity index (χ2v) is 4.22. The molecular weight excluding hydrogens is 249 g/mol. The van der Waals surface area contributed by atoms with E-state index in [9.17, 15) is 4.39 Å². The van der Waals surface area contributed by atoms with Crippen LogP contribution in [-0.4, -0.2) is 10.9 Å². The van der Waals surface area contributed by atoms with E-state index in [0.29, 0.717) is 15.7 Å². The Morgan fingerprint density at radius 2 is 2.21 bits per heavy atom. The topological polar surface area (TPSA) is 32.6 Å². The van der Waals surface area contributed by atoms with Gasteiger partial charge in [-0.1, -0.05) is 11.2 Å². The predicted octanol–water partition coefficient (Wildman–Crippen LogP) is 3.18. The van der Waals surface area contributed by atoms with Crippen LogP contribution in [0.15, 0.2) is 27.8 Å². The summed E-state index contributed by atoms with van der Waals surface area (Å²) >= 11 is 3.10. The Balaban J connectivity index is 2.44. The van der Waals surface area contributed by atoms with Crippen molar-refractivity contribution in [1.29, 1.82) is 0 Å². The molecule has 0 spiro atoms. The van der Waals surface area contributed by atoms with Crippen molar-refractivity contribution in [2.45, 2.75) is 12.8 Å². The standard InChI is InChI=1S/C10H9BrFNO/c11-8-3-1-2-7(9(8)12)10(13-14)6-4-5-6/h1-3,6,14H,4-5H2. The van der Waals surface area contributed by atoms with Crippen molar-refractivity contribution in [3.63, 3.8) is 0 Å². The van der Waals surface area contributed by atoms with Crippen LogP contribution < -0.4 is 0 Å². The summed E-state index contributed by atoms with van der Waals surface area (Å²) in [6.45, 7) is 0. The van der Waals surface area contributed by atoms with Gasteiger partial charge in [0.2, 0.25) is 0 Å². The molecule has 0 amide bonds. The zero-order valence-electron chi connectivity index (χ0n) is 7.37. The molecule has 14 heavy (non-hydrogen) atoms. The van der Waals surface area contributed by atoms with Gasteiger partial charge in [-0.3, -0.25) is 0 Å². The summed E-state index contributed by atoms with van der Waals surface area (Å²) in [5.41, 5.74) is 0.855. The number of nitrogens with zero attached hydrogens (tertiary/aromatic N) is 1. The first-order valence-corrected chi connectivity index (χ1v) is 5.19. The molecule has 0 unspecified atom stereocenters. The average molecular weight is 258 g/mol. The van der Waals surface area contributed by atoms with Crippen LogP contribution in [-0.2, 0) is 0 Å². The molecule has 4 heteroatoms. The Bertz CT molecular complexity index is 388. The minimum Gasteiger partial charge on any atom is -0.411 e. The van der Waals surface area contributed by atoms with Crippen molar-refractivity contribution < 1.29 is 9.60 Å². The number of oxime groups is 1. The van der Waals surface area contributed by atoms with Gasteiger partial charge in [-0.2, -0.15) is 0 Å². The molecule has 1 saturated carbocycles. The van der Waals surface area contributed by atoms with E-state index in [1.54, 1.807) is 18.2 Å². The molecule has 0 bridgehead atoms. The van der Waals surface area contributed by atoms with Crippen LogP contribution in [0.25, 0.3) is 0 Å². The van der Waals surface area contributed by atoms with Gasteiger partial charge in [0.05, 0.1) is 10.2 Å². The van der Waals surface area contributed by atoms with E-state index in [2.05, 4.69) is 21.1 Å². The molecule has 0 aromatic heterocycles. The molecule has 74 valence electrons. The number of rotatable bonds is 2. The third-order valence-corrected chi connectivity index (χ3v) is 2.91. The molecule has 1 aromatic rings. The SMILES string of the molecule is ON=C(c1cccc(Br)c1F)C1CC1. The van der Waals surface area contributed by atoms with Gasteiger partial charge in [0.1, 0.15) is 5.82 Å². The zero-order valence-corrected chi connectivity index (χ0v) is 8.96. The molecule has 0 saturated heterocycles. The van der Waals surface area contributed by atoms with Crippen molar-refractivity contribution in [2.75, 3.05) is 0 Å². The maximum atomic E-state index is 13.6. The minimum atomic E-state index is -0.354. The fraction of sp³-hybridized carbons (Fsp3) is 0.300. The van der Waals surface area contributed by atoms with Crippen LogP contribution in [0.5, 0.6) is 0 Å². The van der Waals surface area contributed by atoms with Gasteiger partial charge in [0.25, 0.3) is 0 Å². The predicted molar refractivity (Wildman–Crippen MR) is 55.1 cm³/mol. The van der Waals surface area contributed by atoms with E-state index < -0.39 is 0 Å². The molecule has 1 aliphatic rings. The molecule has 1 N–H and O–H groups in total. The normalized spacial score (nSPS) is 17.1. The van der Waals surface area contributed by atoms with Gasteiger partial charge < -0.3 is 5.21 Å². The van der Waals surface area contributed by atoms with Crippen LogP contribution in [0.3, 0.4) is 0 Å². The summed E-state index contributed by atoms with van der Waals surface area (Å²) in [6, 6.07) is 4.99. The highest BCUT2D eigenvalue weighted by molar-refractivity contribution is 9.10. The average Bonchev–Trinajstić information content (AvgIpc) is 2.97. The van der Waals surface area contributed by atoms with Crippen LogP contribution in [0.4, 0.5) is 4.39 Å². The Kier molecular flexibility index (Phi) is 2.54. The summed E-state index contributed by atoms with van der Waals surface area (Å²) in [5, 5.41) is 12.0. The molecule has 0 radical (unpaired) electrons. The highest BCUT2D eigenvalue weighted by Gasteiger charge is 2.31. The van der Waals surface area contributed by atoms with Gasteiger partial charge in [-0.15, -0.1) is 0 Å². The fourth-order valence-electron chi connectivity index (χ4n) is 1.41. The van der Waals surface area contributed by atoms with Crippen LogP contribution in [0, 0.1) is 11.7 Å². The van der Waals surface area contributed by atoms with Crippen molar-refractivity contribution in [3.8, 4) is 0 Å². The van der Waals surface area contributed by atoms with Crippen molar-refractivity contribution in [2.24, 2.45) is 11.1 Å². The lowest BCUT2D eigenvalue weighted by atomic mass is 10.1. The summed E-state index contributed by atoms with van der Waals surface area (Å²) in [7, 11) is 0. The highest BCUT2D eigenvalue weighted by Crippen LogP contribution is 2.34. The van der Waals surface area contributed by atoms with E-state index in [1.165, 1.54) is 0 Å². The maximum Gasteiger partial charge on any atom is 0.146 e. The Labute approximate surface area is 89.6 Å². The second kappa shape index (κ2) is 3.69. The van der Waals surface area contributed by atoms with Gasteiger partial charge in [0, 0.05) is 11.5 Å². The molecular formula is C10H9BrFNO. The molecule has 1 aromatic carbocycles. The molecule has 2 nitrogen and oxygen atoms in total. The van der Waals surface area contributed by atoms with E-state index >= 15 is 0 Å². The lowest BCUT2D eigenvalue weighted by Crippen LogP contribution is -2.06. The maximum absolute atomic E-state index is 13.6. The van der Waals surface area contributed by atoms with E-state index in [4.69, 9.17) is 5.21 Å². The van der Waals surface area contributed by atoms with Gasteiger partial charge >= 0.3 is 0 Å². The highest BCUT2D eigenvalue weighted by atomic mass is 79.9. The first-order valence-electron chi connectivity index (χ1n) is 4.40. The monoisotopic (exact) mass is 257 g/mol. The van der Waals surface area contributed by atoms with Crippen LogP contribution >= 0.6 is 15.9 Å². The van der Waals surface area contributed by atoms with Crippen LogP contribution in [0.1, 0.15) is 18.4 Å². The first kappa shape index (κ1) is 9.65. The van der Waals surface area contributed by atoms with Crippen molar-refractivity contribution in [1.82, 2.24) is 0 Å². The second-order valence-electron chi connectivity index (χ2n) is 3.36. The lowest BCUT2D eigenvalue weighted by Gasteiger charge is -2.05. The first-order chi connectivity index (χ1) is 6.74. The van der Waals surface area contributed by atoms with Crippen LogP contribution in [0.2, 0.25) is 0 Å². The van der Waals surface area contributed by atoms with E-state index in [-0.39, 0.29) is 11.7 Å². The summed E-state index contributed by atoms with van der Waals surface area (Å²) in [6.07, 6.45) is 1.96. The Morgan fingerprint density at radius 1 is 1.50 bits per heavy atom. The minimum absolute atomic E-state index is 0.226. The summed E-state index contributed by atoms with van der Waals surface area (Å²) in [5.74, 6) is -0.129. The lowest BCUT2D eigenvalue weighted by molar-refractivity contribution is 0.317. The summed E-state index contributed by atoms with van der Waals surface area (Å²) < 4.78 is 14.0. The number of benzene rings is 1. The third-order valence-electron chi connectivity index (χ3n) is 2.30. The van der Waals surface area contributed by atoms with E-state index in [0.717, 1.165) is 12.8 Å². The van der Waals surface area contributed by atoms with E-state index in [1.807, 2.05) is 0 Å². The van der Waals surface area contributed by atoms with Gasteiger partial charge in [-0.05, 0) is 40.9 Å². The fourth-order valence-corrected chi connectivity index (χ4v) is 1.78. The molecule has 0 aliphatic heterocycles. The van der Waals surface area contributed by atoms with Crippen molar-refractivity contribution in [3.05, 3.63) is 34.1 Å². The number of hydrogen-bond donors (Lipinski definition) is 1. The smallest absolute Gasteiger partial charge is 0.146 e. The summed E-state index contributed by atoms with van der Waals surface area (Å²) in [4.78, 5) is 0. The molecule has 0 heterocycles. The largest absolute Gasteiger partial charge is 0.411 e. The van der Waals surface area contributed by atoms with Gasteiger partial charge in [-0.25, -0.2) is 4.39 Å². The number of halogens is 2. The quantitative estimate of drug-likeness (QED) is 0.493. The molecule has 1 fully saturated rings. The Hall–Kier alpha value is -0.900.